The molecule has 0 aromatic heterocycles. The van der Waals surface area contributed by atoms with Crippen molar-refractivity contribution in [1.29, 1.82) is 0 Å². The van der Waals surface area contributed by atoms with Crippen molar-refractivity contribution in [1.82, 2.24) is 5.32 Å². The second kappa shape index (κ2) is 6.40. The van der Waals surface area contributed by atoms with E-state index in [9.17, 15) is 9.90 Å². The number of hydrogen-bond acceptors (Lipinski definition) is 3. The molecule has 1 rings (SSSR count). The highest BCUT2D eigenvalue weighted by atomic mass is 16.5. The van der Waals surface area contributed by atoms with Crippen LogP contribution < -0.4 is 5.32 Å². The lowest BCUT2D eigenvalue weighted by molar-refractivity contribution is 0.0866. The molecule has 0 heterocycles. The first-order chi connectivity index (χ1) is 8.45. The monoisotopic (exact) mass is 251 g/mol. The number of phenols is 1. The zero-order valence-electron chi connectivity index (χ0n) is 11.4. The van der Waals surface area contributed by atoms with Crippen LogP contribution >= 0.6 is 0 Å². The second-order valence-corrected chi connectivity index (χ2v) is 4.78. The van der Waals surface area contributed by atoms with Gasteiger partial charge < -0.3 is 15.2 Å². The van der Waals surface area contributed by atoms with Crippen LogP contribution in [0.4, 0.5) is 0 Å². The maximum atomic E-state index is 12.0. The van der Waals surface area contributed by atoms with Gasteiger partial charge in [-0.05, 0) is 30.5 Å². The summed E-state index contributed by atoms with van der Waals surface area (Å²) in [6.45, 7) is 6.31. The maximum absolute atomic E-state index is 12.0. The number of phenolic OH excluding ortho intramolecular Hbond substituents is 1. The SMILES string of the molecule is COCC(NC(=O)c1ccc(C)c(O)c1)C(C)C. The van der Waals surface area contributed by atoms with Gasteiger partial charge in [-0.1, -0.05) is 19.9 Å². The van der Waals surface area contributed by atoms with E-state index < -0.39 is 0 Å². The molecule has 0 radical (unpaired) electrons. The molecule has 1 aromatic carbocycles. The van der Waals surface area contributed by atoms with E-state index in [1.165, 1.54) is 6.07 Å². The molecule has 0 fully saturated rings. The van der Waals surface area contributed by atoms with Crippen molar-refractivity contribution < 1.29 is 14.6 Å². The van der Waals surface area contributed by atoms with E-state index in [0.717, 1.165) is 5.56 Å². The van der Waals surface area contributed by atoms with Gasteiger partial charge >= 0.3 is 0 Å². The summed E-state index contributed by atoms with van der Waals surface area (Å²) in [5.41, 5.74) is 1.21. The summed E-state index contributed by atoms with van der Waals surface area (Å²) >= 11 is 0. The number of methoxy groups -OCH3 is 1. The van der Waals surface area contributed by atoms with E-state index in [-0.39, 0.29) is 23.6 Å². The fourth-order valence-electron chi connectivity index (χ4n) is 1.58. The first-order valence-electron chi connectivity index (χ1n) is 6.05. The molecule has 4 heteroatoms. The molecule has 0 saturated heterocycles. The van der Waals surface area contributed by atoms with E-state index in [4.69, 9.17) is 4.74 Å². The number of nitrogens with one attached hydrogen (secondary N) is 1. The number of rotatable bonds is 5. The lowest BCUT2D eigenvalue weighted by atomic mass is 10.0. The van der Waals surface area contributed by atoms with Crippen molar-refractivity contribution in [3.63, 3.8) is 0 Å². The Morgan fingerprint density at radius 3 is 2.61 bits per heavy atom. The standard InChI is InChI=1S/C14H21NO3/c1-9(2)12(8-18-4)15-14(17)11-6-5-10(3)13(16)7-11/h5-7,9,12,16H,8H2,1-4H3,(H,15,17). The van der Waals surface area contributed by atoms with Gasteiger partial charge in [-0.3, -0.25) is 4.79 Å². The fourth-order valence-corrected chi connectivity index (χ4v) is 1.58. The highest BCUT2D eigenvalue weighted by molar-refractivity contribution is 5.94. The summed E-state index contributed by atoms with van der Waals surface area (Å²) in [4.78, 5) is 12.0. The van der Waals surface area contributed by atoms with Gasteiger partial charge in [0, 0.05) is 12.7 Å². The first kappa shape index (κ1) is 14.5. The minimum atomic E-state index is -0.193. The molecule has 0 bridgehead atoms. The number of amides is 1. The van der Waals surface area contributed by atoms with Crippen molar-refractivity contribution in [3.8, 4) is 5.75 Å². The number of benzene rings is 1. The van der Waals surface area contributed by atoms with Crippen LogP contribution in [-0.2, 0) is 4.74 Å². The predicted octanol–water partition coefficient (Wildman–Crippen LogP) is 2.10. The lowest BCUT2D eigenvalue weighted by Gasteiger charge is -2.21. The molecular formula is C14H21NO3. The molecule has 0 aliphatic carbocycles. The zero-order valence-corrected chi connectivity index (χ0v) is 11.4. The van der Waals surface area contributed by atoms with Gasteiger partial charge in [0.2, 0.25) is 0 Å². The molecular weight excluding hydrogens is 230 g/mol. The smallest absolute Gasteiger partial charge is 0.251 e. The molecule has 100 valence electrons. The molecule has 1 amide bonds. The lowest BCUT2D eigenvalue weighted by Crippen LogP contribution is -2.41. The third-order valence-electron chi connectivity index (χ3n) is 2.94. The van der Waals surface area contributed by atoms with Crippen LogP contribution in [-0.4, -0.2) is 30.8 Å². The van der Waals surface area contributed by atoms with Gasteiger partial charge in [0.25, 0.3) is 5.91 Å². The Balaban J connectivity index is 2.77. The first-order valence-corrected chi connectivity index (χ1v) is 6.05. The zero-order chi connectivity index (χ0) is 13.7. The van der Waals surface area contributed by atoms with Crippen LogP contribution in [0.15, 0.2) is 18.2 Å². The van der Waals surface area contributed by atoms with Gasteiger partial charge in [0.1, 0.15) is 5.75 Å². The third kappa shape index (κ3) is 3.74. The molecule has 0 spiro atoms. The summed E-state index contributed by atoms with van der Waals surface area (Å²) in [6.07, 6.45) is 0. The average Bonchev–Trinajstić information content (AvgIpc) is 2.31. The quantitative estimate of drug-likeness (QED) is 0.842. The second-order valence-electron chi connectivity index (χ2n) is 4.78. The van der Waals surface area contributed by atoms with Gasteiger partial charge in [-0.15, -0.1) is 0 Å². The Hall–Kier alpha value is -1.55. The summed E-state index contributed by atoms with van der Waals surface area (Å²) < 4.78 is 5.08. The number of ether oxygens (including phenoxy) is 1. The Kier molecular flexibility index (Phi) is 5.16. The van der Waals surface area contributed by atoms with Gasteiger partial charge in [0.05, 0.1) is 12.6 Å². The van der Waals surface area contributed by atoms with Gasteiger partial charge in [-0.2, -0.15) is 0 Å². The van der Waals surface area contributed by atoms with Crippen LogP contribution in [0.1, 0.15) is 29.8 Å². The van der Waals surface area contributed by atoms with E-state index >= 15 is 0 Å². The van der Waals surface area contributed by atoms with Crippen molar-refractivity contribution in [3.05, 3.63) is 29.3 Å². The molecule has 1 atom stereocenters. The number of aryl methyl sites for hydroxylation is 1. The van der Waals surface area contributed by atoms with Crippen molar-refractivity contribution >= 4 is 5.91 Å². The molecule has 4 nitrogen and oxygen atoms in total. The topological polar surface area (TPSA) is 58.6 Å². The van der Waals surface area contributed by atoms with E-state index in [1.54, 1.807) is 26.2 Å². The van der Waals surface area contributed by atoms with Crippen LogP contribution in [0.25, 0.3) is 0 Å². The van der Waals surface area contributed by atoms with E-state index in [2.05, 4.69) is 5.32 Å². The summed E-state index contributed by atoms with van der Waals surface area (Å²) in [5.74, 6) is 0.226. The number of hydrogen-bond donors (Lipinski definition) is 2. The van der Waals surface area contributed by atoms with E-state index in [1.807, 2.05) is 13.8 Å². The predicted molar refractivity (Wildman–Crippen MR) is 70.8 cm³/mol. The van der Waals surface area contributed by atoms with E-state index in [0.29, 0.717) is 12.2 Å². The fraction of sp³-hybridized carbons (Fsp3) is 0.500. The normalized spacial score (nSPS) is 12.5. The number of aromatic hydroxyl groups is 1. The van der Waals surface area contributed by atoms with Crippen LogP contribution in [0.2, 0.25) is 0 Å². The minimum absolute atomic E-state index is 0.0362. The number of carbonyl (C=O) groups is 1. The highest BCUT2D eigenvalue weighted by Crippen LogP contribution is 2.17. The largest absolute Gasteiger partial charge is 0.508 e. The van der Waals surface area contributed by atoms with Crippen LogP contribution in [0, 0.1) is 12.8 Å². The van der Waals surface area contributed by atoms with Crippen LogP contribution in [0.5, 0.6) is 5.75 Å². The van der Waals surface area contributed by atoms with Crippen molar-refractivity contribution in [2.24, 2.45) is 5.92 Å². The summed E-state index contributed by atoms with van der Waals surface area (Å²) in [6, 6.07) is 4.87. The van der Waals surface area contributed by atoms with Gasteiger partial charge in [-0.25, -0.2) is 0 Å². The molecule has 18 heavy (non-hydrogen) atoms. The molecule has 0 aliphatic rings. The highest BCUT2D eigenvalue weighted by Gasteiger charge is 2.17. The van der Waals surface area contributed by atoms with Crippen molar-refractivity contribution in [2.75, 3.05) is 13.7 Å². The Bertz CT molecular complexity index is 416. The Morgan fingerprint density at radius 1 is 1.44 bits per heavy atom. The van der Waals surface area contributed by atoms with Crippen molar-refractivity contribution in [2.45, 2.75) is 26.8 Å². The third-order valence-corrected chi connectivity index (χ3v) is 2.94. The Labute approximate surface area is 108 Å². The molecule has 0 aliphatic heterocycles. The molecule has 1 unspecified atom stereocenters. The average molecular weight is 251 g/mol. The number of carbonyl (C=O) groups excluding carboxylic acids is 1. The maximum Gasteiger partial charge on any atom is 0.251 e. The summed E-state index contributed by atoms with van der Waals surface area (Å²) in [5, 5.41) is 12.5. The molecule has 0 saturated carbocycles. The molecule has 1 aromatic rings. The Morgan fingerprint density at radius 2 is 2.11 bits per heavy atom. The summed E-state index contributed by atoms with van der Waals surface area (Å²) in [7, 11) is 1.61. The van der Waals surface area contributed by atoms with Gasteiger partial charge in [0.15, 0.2) is 0 Å². The minimum Gasteiger partial charge on any atom is -0.508 e. The molecule has 2 N–H and O–H groups in total. The van der Waals surface area contributed by atoms with Crippen LogP contribution in [0.3, 0.4) is 0 Å².